The number of rotatable bonds is 3. The van der Waals surface area contributed by atoms with E-state index < -0.39 is 0 Å². The number of hydrogen-bond acceptors (Lipinski definition) is 5. The van der Waals surface area contributed by atoms with E-state index in [9.17, 15) is 0 Å². The minimum absolute atomic E-state index is 0.0702. The monoisotopic (exact) mass is 253 g/mol. The number of nitrogens with one attached hydrogen (secondary N) is 1. The molecule has 0 bridgehead atoms. The molecule has 0 fully saturated rings. The van der Waals surface area contributed by atoms with Gasteiger partial charge in [0.2, 0.25) is 5.89 Å². The fourth-order valence-corrected chi connectivity index (χ4v) is 2.74. The van der Waals surface area contributed by atoms with Gasteiger partial charge in [0, 0.05) is 5.25 Å². The summed E-state index contributed by atoms with van der Waals surface area (Å²) < 4.78 is 5.49. The summed E-state index contributed by atoms with van der Waals surface area (Å²) in [7, 11) is 0. The molecule has 2 unspecified atom stereocenters. The van der Waals surface area contributed by atoms with Crippen LogP contribution in [0.5, 0.6) is 0 Å². The van der Waals surface area contributed by atoms with E-state index in [4.69, 9.17) is 4.42 Å². The molecule has 2 rings (SSSR count). The number of nitrogens with zero attached hydrogens (tertiary/aromatic N) is 2. The molecule has 2 atom stereocenters. The lowest BCUT2D eigenvalue weighted by Gasteiger charge is -2.14. The van der Waals surface area contributed by atoms with Crippen LogP contribution in [-0.4, -0.2) is 21.9 Å². The van der Waals surface area contributed by atoms with E-state index in [0.29, 0.717) is 11.2 Å². The van der Waals surface area contributed by atoms with Crippen molar-refractivity contribution in [2.45, 2.75) is 39.0 Å². The third-order valence-electron chi connectivity index (χ3n) is 2.77. The molecule has 4 nitrogen and oxygen atoms in total. The van der Waals surface area contributed by atoms with Crippen LogP contribution in [0, 0.1) is 12.8 Å². The molecule has 94 valence electrons. The molecule has 0 saturated heterocycles. The molecule has 2 heterocycles. The number of aliphatic imine (C=N–C) groups is 1. The Kier molecular flexibility index (Phi) is 3.76. The fourth-order valence-electron chi connectivity index (χ4n) is 1.64. The minimum Gasteiger partial charge on any atom is -0.444 e. The number of hydrogen-bond donors (Lipinski definition) is 1. The first-order chi connectivity index (χ1) is 8.06. The summed E-state index contributed by atoms with van der Waals surface area (Å²) in [6, 6.07) is 0.0702. The van der Waals surface area contributed by atoms with E-state index >= 15 is 0 Å². The maximum Gasteiger partial charge on any atom is 0.216 e. The van der Waals surface area contributed by atoms with Gasteiger partial charge in [-0.1, -0.05) is 25.6 Å². The van der Waals surface area contributed by atoms with Crippen LogP contribution in [0.2, 0.25) is 0 Å². The van der Waals surface area contributed by atoms with Gasteiger partial charge in [0.05, 0.1) is 12.7 Å². The normalized spacial score (nSPS) is 21.7. The Hall–Kier alpha value is -0.970. The summed E-state index contributed by atoms with van der Waals surface area (Å²) in [6.07, 6.45) is 1.74. The molecular formula is C12H19N3OS. The molecule has 0 amide bonds. The SMILES string of the molecule is Cc1cnc(C(C)NC2=NCC(C(C)C)S2)o1. The van der Waals surface area contributed by atoms with Gasteiger partial charge in [0.1, 0.15) is 11.8 Å². The first-order valence-electron chi connectivity index (χ1n) is 5.96. The molecule has 0 aliphatic carbocycles. The van der Waals surface area contributed by atoms with Crippen LogP contribution < -0.4 is 5.32 Å². The van der Waals surface area contributed by atoms with Crippen LogP contribution in [-0.2, 0) is 0 Å². The highest BCUT2D eigenvalue weighted by atomic mass is 32.2. The van der Waals surface area contributed by atoms with Crippen LogP contribution in [0.25, 0.3) is 0 Å². The molecule has 0 saturated carbocycles. The second-order valence-electron chi connectivity index (χ2n) is 4.72. The maximum atomic E-state index is 5.49. The van der Waals surface area contributed by atoms with Gasteiger partial charge in [-0.2, -0.15) is 0 Å². The van der Waals surface area contributed by atoms with Gasteiger partial charge >= 0.3 is 0 Å². The van der Waals surface area contributed by atoms with Crippen LogP contribution in [0.3, 0.4) is 0 Å². The Balaban J connectivity index is 1.90. The number of thioether (sulfide) groups is 1. The first-order valence-corrected chi connectivity index (χ1v) is 6.84. The van der Waals surface area contributed by atoms with Crippen molar-refractivity contribution in [3.63, 3.8) is 0 Å². The zero-order valence-electron chi connectivity index (χ0n) is 10.7. The van der Waals surface area contributed by atoms with E-state index in [0.717, 1.165) is 23.4 Å². The Labute approximate surface area is 106 Å². The highest BCUT2D eigenvalue weighted by molar-refractivity contribution is 8.14. The van der Waals surface area contributed by atoms with Crippen molar-refractivity contribution in [2.75, 3.05) is 6.54 Å². The van der Waals surface area contributed by atoms with Gasteiger partial charge < -0.3 is 9.73 Å². The van der Waals surface area contributed by atoms with Crippen molar-refractivity contribution in [1.29, 1.82) is 0 Å². The molecular weight excluding hydrogens is 234 g/mol. The Morgan fingerprint density at radius 3 is 2.76 bits per heavy atom. The van der Waals surface area contributed by atoms with E-state index in [1.54, 1.807) is 6.20 Å². The molecule has 0 aromatic carbocycles. The van der Waals surface area contributed by atoms with E-state index in [1.165, 1.54) is 0 Å². The fraction of sp³-hybridized carbons (Fsp3) is 0.667. The standard InChI is InChI=1S/C12H19N3OS/c1-7(2)10-6-14-12(17-10)15-9(4)11-13-5-8(3)16-11/h5,7,9-10H,6H2,1-4H3,(H,14,15). The second kappa shape index (κ2) is 5.12. The minimum atomic E-state index is 0.0702. The number of amidine groups is 1. The lowest BCUT2D eigenvalue weighted by atomic mass is 10.1. The average molecular weight is 253 g/mol. The molecule has 1 aliphatic heterocycles. The second-order valence-corrected chi connectivity index (χ2v) is 5.95. The van der Waals surface area contributed by atoms with Crippen molar-refractivity contribution < 1.29 is 4.42 Å². The van der Waals surface area contributed by atoms with Gasteiger partial charge in [-0.05, 0) is 19.8 Å². The van der Waals surface area contributed by atoms with E-state index in [2.05, 4.69) is 29.1 Å². The largest absolute Gasteiger partial charge is 0.444 e. The molecule has 17 heavy (non-hydrogen) atoms. The zero-order valence-corrected chi connectivity index (χ0v) is 11.5. The van der Waals surface area contributed by atoms with Crippen LogP contribution in [0.1, 0.15) is 38.5 Å². The van der Waals surface area contributed by atoms with Crippen LogP contribution in [0.15, 0.2) is 15.6 Å². The molecule has 0 spiro atoms. The third kappa shape index (κ3) is 3.03. The van der Waals surface area contributed by atoms with Crippen LogP contribution >= 0.6 is 11.8 Å². The highest BCUT2D eigenvalue weighted by Gasteiger charge is 2.24. The predicted octanol–water partition coefficient (Wildman–Crippen LogP) is 2.76. The summed E-state index contributed by atoms with van der Waals surface area (Å²) in [5.41, 5.74) is 0. The zero-order chi connectivity index (χ0) is 12.4. The van der Waals surface area contributed by atoms with Gasteiger partial charge in [-0.25, -0.2) is 4.98 Å². The Bertz CT molecular complexity index is 414. The molecule has 1 N–H and O–H groups in total. The lowest BCUT2D eigenvalue weighted by Crippen LogP contribution is -2.24. The first kappa shape index (κ1) is 12.5. The van der Waals surface area contributed by atoms with E-state index in [-0.39, 0.29) is 6.04 Å². The quantitative estimate of drug-likeness (QED) is 0.900. The van der Waals surface area contributed by atoms with Crippen molar-refractivity contribution in [3.8, 4) is 0 Å². The summed E-state index contributed by atoms with van der Waals surface area (Å²) in [5, 5.41) is 4.95. The number of oxazole rings is 1. The lowest BCUT2D eigenvalue weighted by molar-refractivity contribution is 0.430. The van der Waals surface area contributed by atoms with Crippen molar-refractivity contribution in [3.05, 3.63) is 17.8 Å². The summed E-state index contributed by atoms with van der Waals surface area (Å²) >= 11 is 1.82. The van der Waals surface area contributed by atoms with Crippen molar-refractivity contribution in [2.24, 2.45) is 10.9 Å². The smallest absolute Gasteiger partial charge is 0.216 e. The molecule has 1 aromatic heterocycles. The Morgan fingerprint density at radius 1 is 1.47 bits per heavy atom. The van der Waals surface area contributed by atoms with Gasteiger partial charge in [-0.15, -0.1) is 0 Å². The topological polar surface area (TPSA) is 50.4 Å². The van der Waals surface area contributed by atoms with Gasteiger partial charge in [-0.3, -0.25) is 4.99 Å². The third-order valence-corrected chi connectivity index (χ3v) is 4.24. The summed E-state index contributed by atoms with van der Waals surface area (Å²) in [6.45, 7) is 9.31. The predicted molar refractivity (Wildman–Crippen MR) is 71.3 cm³/mol. The summed E-state index contributed by atoms with van der Waals surface area (Å²) in [4.78, 5) is 8.73. The van der Waals surface area contributed by atoms with Crippen molar-refractivity contribution in [1.82, 2.24) is 10.3 Å². The number of aromatic nitrogens is 1. The van der Waals surface area contributed by atoms with Crippen molar-refractivity contribution >= 4 is 16.9 Å². The van der Waals surface area contributed by atoms with Crippen LogP contribution in [0.4, 0.5) is 0 Å². The van der Waals surface area contributed by atoms with Gasteiger partial charge in [0.25, 0.3) is 0 Å². The average Bonchev–Trinajstić information content (AvgIpc) is 2.86. The molecule has 5 heteroatoms. The maximum absolute atomic E-state index is 5.49. The summed E-state index contributed by atoms with van der Waals surface area (Å²) in [5.74, 6) is 2.22. The molecule has 1 aromatic rings. The number of aryl methyl sites for hydroxylation is 1. The van der Waals surface area contributed by atoms with E-state index in [1.807, 2.05) is 25.6 Å². The Morgan fingerprint density at radius 2 is 2.24 bits per heavy atom. The van der Waals surface area contributed by atoms with Gasteiger partial charge in [0.15, 0.2) is 5.17 Å². The molecule has 0 radical (unpaired) electrons. The molecule has 1 aliphatic rings. The highest BCUT2D eigenvalue weighted by Crippen LogP contribution is 2.27.